The van der Waals surface area contributed by atoms with E-state index in [0.29, 0.717) is 17.6 Å². The van der Waals surface area contributed by atoms with Gasteiger partial charge >= 0.3 is 5.97 Å². The van der Waals surface area contributed by atoms with Crippen LogP contribution in [0.4, 0.5) is 5.82 Å². The zero-order valence-electron chi connectivity index (χ0n) is 10.4. The smallest absolute Gasteiger partial charge is 0.326 e. The average molecular weight is 251 g/mol. The topological polar surface area (TPSA) is 95.1 Å². The van der Waals surface area contributed by atoms with E-state index in [1.165, 1.54) is 6.07 Å². The number of carboxylic acid groups (broad SMARTS) is 1. The Bertz CT molecular complexity index is 506. The molecule has 1 atom stereocenters. The molecule has 0 radical (unpaired) electrons. The number of aliphatic carboxylic acids is 1. The summed E-state index contributed by atoms with van der Waals surface area (Å²) in [6.07, 6.45) is 2.05. The number of aromatic nitrogens is 2. The number of nitrogens with zero attached hydrogens (tertiary/aromatic N) is 1. The number of hydrogen-bond acceptors (Lipinski definition) is 4. The van der Waals surface area contributed by atoms with Crippen LogP contribution in [-0.2, 0) is 4.79 Å². The summed E-state index contributed by atoms with van der Waals surface area (Å²) in [7, 11) is 0. The number of hydrogen-bond donors (Lipinski definition) is 3. The second-order valence-corrected chi connectivity index (χ2v) is 4.99. The maximum absolute atomic E-state index is 11.5. The molecule has 18 heavy (non-hydrogen) atoms. The summed E-state index contributed by atoms with van der Waals surface area (Å²) in [6, 6.07) is 0.552. The van der Waals surface area contributed by atoms with Gasteiger partial charge < -0.3 is 15.4 Å². The first-order valence-corrected chi connectivity index (χ1v) is 6.08. The van der Waals surface area contributed by atoms with E-state index in [2.05, 4.69) is 15.3 Å². The quantitative estimate of drug-likeness (QED) is 0.730. The molecular weight excluding hydrogens is 234 g/mol. The first kappa shape index (κ1) is 12.6. The maximum atomic E-state index is 11.5. The van der Waals surface area contributed by atoms with Gasteiger partial charge in [0.25, 0.3) is 5.56 Å². The number of anilines is 1. The van der Waals surface area contributed by atoms with Gasteiger partial charge in [0.05, 0.1) is 0 Å². The van der Waals surface area contributed by atoms with Gasteiger partial charge in [-0.25, -0.2) is 9.78 Å². The van der Waals surface area contributed by atoms with Crippen LogP contribution < -0.4 is 10.9 Å². The first-order chi connectivity index (χ1) is 8.47. The van der Waals surface area contributed by atoms with Gasteiger partial charge in [0.15, 0.2) is 0 Å². The summed E-state index contributed by atoms with van der Waals surface area (Å²) in [5, 5.41) is 11.9. The molecule has 0 amide bonds. The second-order valence-electron chi connectivity index (χ2n) is 4.99. The molecule has 1 saturated carbocycles. The largest absolute Gasteiger partial charge is 0.480 e. The molecule has 0 bridgehead atoms. The van der Waals surface area contributed by atoms with Crippen molar-refractivity contribution in [2.24, 2.45) is 5.92 Å². The van der Waals surface area contributed by atoms with Crippen molar-refractivity contribution in [1.82, 2.24) is 9.97 Å². The third-order valence-electron chi connectivity index (χ3n) is 2.96. The molecule has 98 valence electrons. The molecule has 1 aromatic rings. The highest BCUT2D eigenvalue weighted by Crippen LogP contribution is 2.37. The van der Waals surface area contributed by atoms with Crippen molar-refractivity contribution in [3.63, 3.8) is 0 Å². The molecule has 0 aromatic carbocycles. The summed E-state index contributed by atoms with van der Waals surface area (Å²) in [5.74, 6) is 0.273. The Labute approximate surface area is 104 Å². The third kappa shape index (κ3) is 2.88. The molecule has 0 saturated heterocycles. The molecule has 6 nitrogen and oxygen atoms in total. The Balaban J connectivity index is 2.22. The number of rotatable bonds is 5. The lowest BCUT2D eigenvalue weighted by atomic mass is 10.1. The Morgan fingerprint density at radius 3 is 2.72 bits per heavy atom. The second kappa shape index (κ2) is 4.80. The predicted octanol–water partition coefficient (Wildman–Crippen LogP) is 1.17. The molecule has 0 aliphatic heterocycles. The van der Waals surface area contributed by atoms with Gasteiger partial charge in [0, 0.05) is 12.0 Å². The van der Waals surface area contributed by atoms with Gasteiger partial charge in [-0.2, -0.15) is 0 Å². The van der Waals surface area contributed by atoms with Gasteiger partial charge in [0.1, 0.15) is 17.7 Å². The Kier molecular flexibility index (Phi) is 3.36. The van der Waals surface area contributed by atoms with Crippen LogP contribution in [0.25, 0.3) is 0 Å². The number of carboxylic acids is 1. The summed E-state index contributed by atoms with van der Waals surface area (Å²) < 4.78 is 0. The van der Waals surface area contributed by atoms with Crippen LogP contribution in [0.2, 0.25) is 0 Å². The monoisotopic (exact) mass is 251 g/mol. The minimum absolute atomic E-state index is 0.0898. The summed E-state index contributed by atoms with van der Waals surface area (Å²) >= 11 is 0. The average Bonchev–Trinajstić information content (AvgIpc) is 3.07. The molecule has 1 unspecified atom stereocenters. The van der Waals surface area contributed by atoms with Crippen molar-refractivity contribution in [3.8, 4) is 0 Å². The van der Waals surface area contributed by atoms with Gasteiger partial charge in [-0.05, 0) is 18.8 Å². The van der Waals surface area contributed by atoms with E-state index in [4.69, 9.17) is 5.11 Å². The van der Waals surface area contributed by atoms with E-state index >= 15 is 0 Å². The number of carbonyl (C=O) groups is 1. The van der Waals surface area contributed by atoms with E-state index < -0.39 is 12.0 Å². The van der Waals surface area contributed by atoms with Crippen molar-refractivity contribution in [2.45, 2.75) is 38.6 Å². The SMILES string of the molecule is CC(C)C(Nc1cc(=O)[nH]c(C2CC2)n1)C(=O)O. The van der Waals surface area contributed by atoms with E-state index in [0.717, 1.165) is 12.8 Å². The van der Waals surface area contributed by atoms with E-state index in [1.54, 1.807) is 13.8 Å². The van der Waals surface area contributed by atoms with Gasteiger partial charge in [-0.15, -0.1) is 0 Å². The van der Waals surface area contributed by atoms with Crippen molar-refractivity contribution in [3.05, 3.63) is 22.2 Å². The molecule has 1 aromatic heterocycles. The lowest BCUT2D eigenvalue weighted by molar-refractivity contribution is -0.138. The Hall–Kier alpha value is -1.85. The molecule has 2 rings (SSSR count). The number of aromatic amines is 1. The predicted molar refractivity (Wildman–Crippen MR) is 66.7 cm³/mol. The highest BCUT2D eigenvalue weighted by molar-refractivity contribution is 5.77. The van der Waals surface area contributed by atoms with Crippen LogP contribution in [0.5, 0.6) is 0 Å². The fraction of sp³-hybridized carbons (Fsp3) is 0.583. The fourth-order valence-corrected chi connectivity index (χ4v) is 1.77. The molecule has 1 heterocycles. The third-order valence-corrected chi connectivity index (χ3v) is 2.96. The lowest BCUT2D eigenvalue weighted by Gasteiger charge is -2.18. The Morgan fingerprint density at radius 2 is 2.22 bits per heavy atom. The van der Waals surface area contributed by atoms with Crippen molar-refractivity contribution < 1.29 is 9.90 Å². The summed E-state index contributed by atoms with van der Waals surface area (Å²) in [4.78, 5) is 29.5. The lowest BCUT2D eigenvalue weighted by Crippen LogP contribution is -2.35. The van der Waals surface area contributed by atoms with Crippen LogP contribution in [-0.4, -0.2) is 27.1 Å². The minimum atomic E-state index is -0.944. The molecular formula is C12H17N3O3. The first-order valence-electron chi connectivity index (χ1n) is 6.08. The van der Waals surface area contributed by atoms with Crippen LogP contribution in [0.1, 0.15) is 38.4 Å². The molecule has 1 aliphatic rings. The minimum Gasteiger partial charge on any atom is -0.480 e. The van der Waals surface area contributed by atoms with E-state index in [-0.39, 0.29) is 11.5 Å². The maximum Gasteiger partial charge on any atom is 0.326 e. The van der Waals surface area contributed by atoms with Crippen LogP contribution in [0, 0.1) is 5.92 Å². The van der Waals surface area contributed by atoms with Crippen molar-refractivity contribution in [1.29, 1.82) is 0 Å². The van der Waals surface area contributed by atoms with Crippen molar-refractivity contribution in [2.75, 3.05) is 5.32 Å². The highest BCUT2D eigenvalue weighted by Gasteiger charge is 2.27. The zero-order valence-corrected chi connectivity index (χ0v) is 10.4. The van der Waals surface area contributed by atoms with Gasteiger partial charge in [0.2, 0.25) is 0 Å². The number of H-pyrrole nitrogens is 1. The Morgan fingerprint density at radius 1 is 1.56 bits per heavy atom. The summed E-state index contributed by atoms with van der Waals surface area (Å²) in [6.45, 7) is 3.61. The fourth-order valence-electron chi connectivity index (χ4n) is 1.77. The molecule has 3 N–H and O–H groups in total. The molecule has 0 spiro atoms. The molecule has 1 fully saturated rings. The zero-order chi connectivity index (χ0) is 13.3. The molecule has 1 aliphatic carbocycles. The van der Waals surface area contributed by atoms with Crippen LogP contribution in [0.15, 0.2) is 10.9 Å². The number of nitrogens with one attached hydrogen (secondary N) is 2. The molecule has 6 heteroatoms. The van der Waals surface area contributed by atoms with Gasteiger partial charge in [-0.3, -0.25) is 4.79 Å². The van der Waals surface area contributed by atoms with Gasteiger partial charge in [-0.1, -0.05) is 13.8 Å². The van der Waals surface area contributed by atoms with Crippen molar-refractivity contribution >= 4 is 11.8 Å². The van der Waals surface area contributed by atoms with Crippen LogP contribution in [0.3, 0.4) is 0 Å². The highest BCUT2D eigenvalue weighted by atomic mass is 16.4. The summed E-state index contributed by atoms with van der Waals surface area (Å²) in [5.41, 5.74) is -0.248. The van der Waals surface area contributed by atoms with E-state index in [9.17, 15) is 9.59 Å². The van der Waals surface area contributed by atoms with E-state index in [1.807, 2.05) is 0 Å². The van der Waals surface area contributed by atoms with Crippen LogP contribution >= 0.6 is 0 Å². The normalized spacial score (nSPS) is 16.6. The standard InChI is InChI=1S/C12H17N3O3/c1-6(2)10(12(17)18)13-8-5-9(16)15-11(14-8)7-3-4-7/h5-7,10H,3-4H2,1-2H3,(H,17,18)(H2,13,14,15,16).